The fraction of sp³-hybridized carbons (Fsp3) is 0.562. The molecular weight excluding hydrogens is 416 g/mol. The molecule has 1 unspecified atom stereocenters. The van der Waals surface area contributed by atoms with Gasteiger partial charge in [0.15, 0.2) is 0 Å². The van der Waals surface area contributed by atoms with Crippen LogP contribution in [0.15, 0.2) is 27.7 Å². The van der Waals surface area contributed by atoms with Crippen molar-refractivity contribution in [2.24, 2.45) is 4.58 Å². The molecule has 12 heteroatoms. The first-order valence-corrected chi connectivity index (χ1v) is 10.8. The van der Waals surface area contributed by atoms with E-state index in [0.717, 1.165) is 24.1 Å². The third-order valence-corrected chi connectivity index (χ3v) is 6.92. The second-order valence-corrected chi connectivity index (χ2v) is 9.18. The summed E-state index contributed by atoms with van der Waals surface area (Å²) in [7, 11) is -4.49. The van der Waals surface area contributed by atoms with E-state index >= 15 is 0 Å². The molecule has 1 aliphatic rings. The molecule has 0 bridgehead atoms. The number of benzene rings is 1. The average Bonchev–Trinajstić information content (AvgIpc) is 2.62. The van der Waals surface area contributed by atoms with Crippen molar-refractivity contribution in [3.05, 3.63) is 34.7 Å². The Morgan fingerprint density at radius 2 is 2.07 bits per heavy atom. The highest BCUT2D eigenvalue weighted by Gasteiger charge is 2.41. The van der Waals surface area contributed by atoms with Gasteiger partial charge in [0.25, 0.3) is 0 Å². The van der Waals surface area contributed by atoms with Gasteiger partial charge in [0, 0.05) is 27.3 Å². The van der Waals surface area contributed by atoms with Gasteiger partial charge in [-0.05, 0) is 51.4 Å². The molecule has 0 aliphatic carbocycles. The van der Waals surface area contributed by atoms with E-state index in [1.165, 1.54) is 0 Å². The quantitative estimate of drug-likeness (QED) is 0.345. The van der Waals surface area contributed by atoms with Gasteiger partial charge in [0.05, 0.1) is 6.61 Å². The first kappa shape index (κ1) is 22.7. The summed E-state index contributed by atoms with van der Waals surface area (Å²) in [5, 5.41) is 3.12. The Morgan fingerprint density at radius 1 is 1.39 bits per heavy atom. The summed E-state index contributed by atoms with van der Waals surface area (Å²) in [6.07, 6.45) is 0.893. The number of hydrogen-bond acceptors (Lipinski definition) is 8. The van der Waals surface area contributed by atoms with E-state index in [-0.39, 0.29) is 13.0 Å². The Labute approximate surface area is 165 Å². The molecule has 0 spiro atoms. The van der Waals surface area contributed by atoms with Gasteiger partial charge in [-0.1, -0.05) is 0 Å². The summed E-state index contributed by atoms with van der Waals surface area (Å²) in [6, 6.07) is 0.657. The van der Waals surface area contributed by atoms with Gasteiger partial charge in [0.2, 0.25) is 10.0 Å². The van der Waals surface area contributed by atoms with Crippen LogP contribution in [0.4, 0.5) is 8.78 Å². The summed E-state index contributed by atoms with van der Waals surface area (Å²) in [4.78, 5) is 22.5. The van der Waals surface area contributed by atoms with Crippen molar-refractivity contribution in [2.45, 2.75) is 41.9 Å². The van der Waals surface area contributed by atoms with Crippen LogP contribution in [-0.4, -0.2) is 44.9 Å². The molecule has 1 aliphatic heterocycles. The minimum Gasteiger partial charge on any atom is -0.465 e. The van der Waals surface area contributed by atoms with E-state index in [2.05, 4.69) is 14.6 Å². The summed E-state index contributed by atoms with van der Waals surface area (Å²) < 4.78 is 61.4. The largest absolute Gasteiger partial charge is 0.465 e. The summed E-state index contributed by atoms with van der Waals surface area (Å²) in [5.74, 6) is -3.06. The van der Waals surface area contributed by atoms with Crippen molar-refractivity contribution >= 4 is 27.9 Å². The summed E-state index contributed by atoms with van der Waals surface area (Å²) in [6.45, 7) is 2.70. The topological polar surface area (TPSA) is 114 Å². The molecule has 0 saturated carbocycles. The molecule has 1 heterocycles. The van der Waals surface area contributed by atoms with E-state index < -0.39 is 43.3 Å². The highest BCUT2D eigenvalue weighted by molar-refractivity contribution is 7.99. The number of sulfonamides is 1. The Balaban J connectivity index is 2.32. The molecule has 8 nitrogen and oxygen atoms in total. The third-order valence-electron chi connectivity index (χ3n) is 4.37. The van der Waals surface area contributed by atoms with Crippen molar-refractivity contribution in [2.75, 3.05) is 19.7 Å². The average molecular weight is 437 g/mol. The van der Waals surface area contributed by atoms with Gasteiger partial charge in [0.1, 0.15) is 22.6 Å². The van der Waals surface area contributed by atoms with Crippen LogP contribution in [0.5, 0.6) is 0 Å². The monoisotopic (exact) mass is 437 g/mol. The van der Waals surface area contributed by atoms with E-state index in [0.29, 0.717) is 32.0 Å². The molecule has 2 N–H and O–H groups in total. The van der Waals surface area contributed by atoms with E-state index in [1.54, 1.807) is 6.92 Å². The molecule has 28 heavy (non-hydrogen) atoms. The first-order chi connectivity index (χ1) is 13.2. The third kappa shape index (κ3) is 5.69. The number of esters is 1. The minimum atomic E-state index is -4.49. The smallest absolute Gasteiger partial charge is 0.324 e. The summed E-state index contributed by atoms with van der Waals surface area (Å²) >= 11 is 0.754. The zero-order valence-corrected chi connectivity index (χ0v) is 16.7. The fourth-order valence-corrected chi connectivity index (χ4v) is 5.06. The second kappa shape index (κ2) is 9.72. The van der Waals surface area contributed by atoms with E-state index in [1.807, 2.05) is 0 Å². The van der Waals surface area contributed by atoms with Crippen molar-refractivity contribution in [3.8, 4) is 0 Å². The Hall–Kier alpha value is -1.63. The predicted molar refractivity (Wildman–Crippen MR) is 99.9 cm³/mol. The lowest BCUT2D eigenvalue weighted by atomic mass is 9.90. The predicted octanol–water partition coefficient (Wildman–Crippen LogP) is 2.10. The fourth-order valence-electron chi connectivity index (χ4n) is 3.03. The Kier molecular flexibility index (Phi) is 7.87. The number of carbonyl (C=O) groups excluding carboxylic acids is 1. The van der Waals surface area contributed by atoms with Crippen LogP contribution in [0.25, 0.3) is 0 Å². The maximum atomic E-state index is 14.0. The first-order valence-electron chi connectivity index (χ1n) is 8.58. The summed E-state index contributed by atoms with van der Waals surface area (Å²) in [5.41, 5.74) is 0. The zero-order chi connectivity index (χ0) is 20.8. The zero-order valence-electron chi connectivity index (χ0n) is 15.1. The van der Waals surface area contributed by atoms with Gasteiger partial charge >= 0.3 is 5.97 Å². The Bertz CT molecular complexity index is 816. The molecule has 0 aromatic heterocycles. The Morgan fingerprint density at radius 3 is 2.64 bits per heavy atom. The highest BCUT2D eigenvalue weighted by Crippen LogP contribution is 2.39. The van der Waals surface area contributed by atoms with Crippen LogP contribution >= 0.6 is 11.9 Å². The van der Waals surface area contributed by atoms with Crippen molar-refractivity contribution in [3.63, 3.8) is 0 Å². The molecule has 1 atom stereocenters. The lowest BCUT2D eigenvalue weighted by Gasteiger charge is -2.36. The van der Waals surface area contributed by atoms with Crippen molar-refractivity contribution in [1.29, 1.82) is 0 Å². The van der Waals surface area contributed by atoms with Crippen molar-refractivity contribution < 1.29 is 26.7 Å². The lowest BCUT2D eigenvalue weighted by molar-refractivity contribution is -0.145. The molecule has 1 aromatic carbocycles. The van der Waals surface area contributed by atoms with Crippen LogP contribution in [0.3, 0.4) is 0 Å². The van der Waals surface area contributed by atoms with Crippen LogP contribution in [0.1, 0.15) is 26.2 Å². The van der Waals surface area contributed by atoms with Crippen LogP contribution in [0.2, 0.25) is 0 Å². The number of halogens is 2. The normalized spacial score (nSPS) is 17.7. The second-order valence-electron chi connectivity index (χ2n) is 6.30. The molecular formula is C16H21F2N3O5S2. The number of hydrogen-bond donors (Lipinski definition) is 2. The number of nitroso groups, excluding NO2 is 1. The van der Waals surface area contributed by atoms with E-state index in [9.17, 15) is 26.9 Å². The van der Waals surface area contributed by atoms with Crippen molar-refractivity contribution in [1.82, 2.24) is 10.0 Å². The molecule has 1 fully saturated rings. The molecule has 0 amide bonds. The number of rotatable bonds is 9. The maximum absolute atomic E-state index is 14.0. The van der Waals surface area contributed by atoms with Crippen LogP contribution in [0, 0.1) is 16.5 Å². The molecule has 156 valence electrons. The van der Waals surface area contributed by atoms with Crippen LogP contribution < -0.4 is 10.0 Å². The minimum absolute atomic E-state index is 0.00952. The number of nitrogens with one attached hydrogen (secondary N) is 2. The molecule has 2 rings (SSSR count). The maximum Gasteiger partial charge on any atom is 0.324 e. The van der Waals surface area contributed by atoms with Crippen LogP contribution in [-0.2, 0) is 19.6 Å². The lowest BCUT2D eigenvalue weighted by Crippen LogP contribution is -2.49. The molecule has 1 aromatic rings. The van der Waals surface area contributed by atoms with Gasteiger partial charge in [-0.2, -0.15) is 4.72 Å². The van der Waals surface area contributed by atoms with Gasteiger partial charge < -0.3 is 10.1 Å². The standard InChI is InChI=1S/C16H21F2N3O5S2/c1-2-26-15(22)13(10-16(27-21-23)5-7-19-8-6-16)20-28(24,25)14-4-3-11(17)9-12(14)18/h3-4,9,13,19-20H,2,5-8,10H2,1H3. The molecule has 1 saturated heterocycles. The van der Waals surface area contributed by atoms with E-state index in [4.69, 9.17) is 4.74 Å². The number of piperidine rings is 1. The number of nitrogens with zero attached hydrogens (tertiary/aromatic N) is 1. The number of ether oxygens (including phenoxy) is 1. The highest BCUT2D eigenvalue weighted by atomic mass is 32.2. The van der Waals surface area contributed by atoms with Gasteiger partial charge in [-0.15, -0.1) is 4.91 Å². The SMILES string of the molecule is CCOC(=O)C(CC1(SN=O)CCNCC1)NS(=O)(=O)c1ccc(F)cc1F. The number of carbonyl (C=O) groups is 1. The molecule has 0 radical (unpaired) electrons. The van der Waals surface area contributed by atoms with Gasteiger partial charge in [-0.25, -0.2) is 17.2 Å². The van der Waals surface area contributed by atoms with Gasteiger partial charge in [-0.3, -0.25) is 4.79 Å².